The molecule has 0 saturated heterocycles. The van der Waals surface area contributed by atoms with Gasteiger partial charge in [-0.1, -0.05) is 68.4 Å². The van der Waals surface area contributed by atoms with Crippen LogP contribution in [-0.2, 0) is 17.0 Å². The Hall–Kier alpha value is -4.17. The van der Waals surface area contributed by atoms with Crippen molar-refractivity contribution in [2.75, 3.05) is 11.9 Å². The predicted molar refractivity (Wildman–Crippen MR) is 132 cm³/mol. The number of rotatable bonds is 6. The van der Waals surface area contributed by atoms with Gasteiger partial charge in [-0.05, 0) is 29.7 Å². The number of H-pyrrole nitrogens is 1. The second-order valence-corrected chi connectivity index (χ2v) is 9.03. The number of carbonyl (C=O) groups excluding carboxylic acids is 2. The molecule has 0 spiro atoms. The highest BCUT2D eigenvalue weighted by molar-refractivity contribution is 6.00. The van der Waals surface area contributed by atoms with Gasteiger partial charge in [0.05, 0.1) is 17.6 Å². The molecule has 3 aromatic carbocycles. The van der Waals surface area contributed by atoms with E-state index in [0.717, 1.165) is 5.56 Å². The lowest BCUT2D eigenvalue weighted by Crippen LogP contribution is -2.44. The highest BCUT2D eigenvalue weighted by Crippen LogP contribution is 2.43. The summed E-state index contributed by atoms with van der Waals surface area (Å²) in [6.07, 6.45) is -0.596. The van der Waals surface area contributed by atoms with Gasteiger partial charge in [0.25, 0.3) is 5.91 Å². The van der Waals surface area contributed by atoms with Crippen LogP contribution in [0, 0.1) is 5.92 Å². The molecule has 0 fully saturated rings. The fourth-order valence-electron chi connectivity index (χ4n) is 4.34. The van der Waals surface area contributed by atoms with Crippen LogP contribution in [0.25, 0.3) is 11.0 Å². The molecule has 1 atom stereocenters. The highest BCUT2D eigenvalue weighted by Gasteiger charge is 2.49. The smallest absolute Gasteiger partial charge is 0.413 e. The van der Waals surface area contributed by atoms with Gasteiger partial charge >= 0.3 is 6.09 Å². The number of nitrogens with zero attached hydrogens (tertiary/aromatic N) is 2. The summed E-state index contributed by atoms with van der Waals surface area (Å²) in [4.78, 5) is 34.3. The molecule has 8 nitrogen and oxygen atoms in total. The largest absolute Gasteiger partial charge is 0.449 e. The number of hydrogen-bond donors (Lipinski definition) is 3. The van der Waals surface area contributed by atoms with Crippen LogP contribution in [0.4, 0.5) is 10.7 Å². The summed E-state index contributed by atoms with van der Waals surface area (Å²) in [5.41, 5.74) is 1.93. The van der Waals surface area contributed by atoms with Crippen molar-refractivity contribution in [2.24, 2.45) is 5.92 Å². The molecular weight excluding hydrogens is 444 g/mol. The van der Waals surface area contributed by atoms with Crippen molar-refractivity contribution in [1.29, 1.82) is 0 Å². The second kappa shape index (κ2) is 8.88. The van der Waals surface area contributed by atoms with E-state index >= 15 is 0 Å². The Labute approximate surface area is 202 Å². The third-order valence-corrected chi connectivity index (χ3v) is 6.00. The van der Waals surface area contributed by atoms with E-state index in [1.165, 1.54) is 4.90 Å². The van der Waals surface area contributed by atoms with Crippen LogP contribution in [0.2, 0.25) is 0 Å². The van der Waals surface area contributed by atoms with Crippen molar-refractivity contribution in [3.8, 4) is 0 Å². The summed E-state index contributed by atoms with van der Waals surface area (Å²) >= 11 is 0. The molecular formula is C27H26N4O4. The first kappa shape index (κ1) is 22.6. The van der Waals surface area contributed by atoms with Gasteiger partial charge in [0.2, 0.25) is 5.95 Å². The number of imidazole rings is 1. The quantitative estimate of drug-likeness (QED) is 0.381. The number of anilines is 1. The Morgan fingerprint density at radius 3 is 2.63 bits per heavy atom. The molecule has 0 bridgehead atoms. The molecule has 0 saturated carbocycles. The van der Waals surface area contributed by atoms with Gasteiger partial charge in [0.1, 0.15) is 0 Å². The number of aliphatic hydroxyl groups is 1. The molecule has 0 aliphatic carbocycles. The first-order valence-corrected chi connectivity index (χ1v) is 11.5. The number of benzene rings is 3. The van der Waals surface area contributed by atoms with Gasteiger partial charge in [0.15, 0.2) is 5.72 Å². The lowest BCUT2D eigenvalue weighted by molar-refractivity contribution is -0.0542. The average molecular weight is 471 g/mol. The zero-order chi connectivity index (χ0) is 24.6. The van der Waals surface area contributed by atoms with Crippen LogP contribution in [0.3, 0.4) is 0 Å². The summed E-state index contributed by atoms with van der Waals surface area (Å²) in [6.45, 7) is 4.44. The van der Waals surface area contributed by atoms with Gasteiger partial charge in [-0.3, -0.25) is 15.0 Å². The molecule has 0 radical (unpaired) electrons. The zero-order valence-electron chi connectivity index (χ0n) is 19.5. The van der Waals surface area contributed by atoms with E-state index in [1.54, 1.807) is 36.4 Å². The third kappa shape index (κ3) is 4.13. The number of aromatic amines is 1. The molecule has 35 heavy (non-hydrogen) atoms. The molecule has 1 unspecified atom stereocenters. The molecule has 4 aromatic rings. The van der Waals surface area contributed by atoms with E-state index in [2.05, 4.69) is 15.3 Å². The Bertz CT molecular complexity index is 1400. The van der Waals surface area contributed by atoms with E-state index in [-0.39, 0.29) is 24.3 Å². The van der Waals surface area contributed by atoms with E-state index in [0.29, 0.717) is 34.3 Å². The Morgan fingerprint density at radius 1 is 1.11 bits per heavy atom. The minimum absolute atomic E-state index is 0.218. The monoisotopic (exact) mass is 470 g/mol. The fraction of sp³-hybridized carbons (Fsp3) is 0.222. The molecule has 3 N–H and O–H groups in total. The van der Waals surface area contributed by atoms with Crippen molar-refractivity contribution in [3.63, 3.8) is 0 Å². The molecule has 1 aromatic heterocycles. The molecule has 1 aliphatic heterocycles. The van der Waals surface area contributed by atoms with Crippen LogP contribution in [0.15, 0.2) is 72.8 Å². The summed E-state index contributed by atoms with van der Waals surface area (Å²) in [5, 5.41) is 14.7. The number of carbonyl (C=O) groups is 2. The van der Waals surface area contributed by atoms with E-state index in [1.807, 2.05) is 50.2 Å². The van der Waals surface area contributed by atoms with Crippen molar-refractivity contribution in [1.82, 2.24) is 14.9 Å². The number of hydrogen-bond acceptors (Lipinski definition) is 5. The zero-order valence-corrected chi connectivity index (χ0v) is 19.5. The second-order valence-electron chi connectivity index (χ2n) is 9.03. The number of ether oxygens (including phenoxy) is 1. The lowest BCUT2D eigenvalue weighted by Gasteiger charge is -2.35. The maximum Gasteiger partial charge on any atom is 0.413 e. The number of fused-ring (bicyclic) bond motifs is 2. The van der Waals surface area contributed by atoms with Crippen LogP contribution >= 0.6 is 0 Å². The minimum atomic E-state index is -1.67. The molecule has 8 heteroatoms. The standard InChI is InChI=1S/C27H26N4O4/c1-17(2)16-35-26(33)30-25-28-22-13-12-19(14-23(22)29-25)27(34)21-11-7-6-10-20(21)24(32)31(27)15-18-8-4-3-5-9-18/h3-14,17,34H,15-16H2,1-2H3,(H2,28,29,30,33). The molecule has 2 heterocycles. The predicted octanol–water partition coefficient (Wildman–Crippen LogP) is 4.62. The van der Waals surface area contributed by atoms with E-state index in [9.17, 15) is 14.7 Å². The van der Waals surface area contributed by atoms with Gasteiger partial charge in [-0.15, -0.1) is 0 Å². The normalized spacial score (nSPS) is 17.1. The third-order valence-electron chi connectivity index (χ3n) is 6.00. The molecule has 1 aliphatic rings. The molecule has 5 rings (SSSR count). The Morgan fingerprint density at radius 2 is 1.86 bits per heavy atom. The van der Waals surface area contributed by atoms with Gasteiger partial charge in [-0.25, -0.2) is 9.78 Å². The maximum atomic E-state index is 13.4. The fourth-order valence-corrected chi connectivity index (χ4v) is 4.34. The lowest BCUT2D eigenvalue weighted by atomic mass is 9.93. The minimum Gasteiger partial charge on any atom is -0.449 e. The SMILES string of the molecule is CC(C)COC(=O)Nc1nc2ccc(C3(O)c4ccccc4C(=O)N3Cc3ccccc3)cc2[nH]1. The summed E-state index contributed by atoms with van der Waals surface area (Å²) in [6, 6.07) is 21.9. The highest BCUT2D eigenvalue weighted by atomic mass is 16.5. The summed E-state index contributed by atoms with van der Waals surface area (Å²) < 4.78 is 5.15. The van der Waals surface area contributed by atoms with E-state index in [4.69, 9.17) is 4.74 Å². The van der Waals surface area contributed by atoms with Crippen LogP contribution < -0.4 is 5.32 Å². The average Bonchev–Trinajstić information content (AvgIpc) is 3.35. The Kier molecular flexibility index (Phi) is 5.74. The number of nitrogens with one attached hydrogen (secondary N) is 2. The van der Waals surface area contributed by atoms with Crippen molar-refractivity contribution in [2.45, 2.75) is 26.1 Å². The molecule has 2 amide bonds. The summed E-state index contributed by atoms with van der Waals surface area (Å²) in [5.74, 6) is 0.212. The van der Waals surface area contributed by atoms with Gasteiger partial charge < -0.3 is 14.8 Å². The van der Waals surface area contributed by atoms with E-state index < -0.39 is 11.8 Å². The summed E-state index contributed by atoms with van der Waals surface area (Å²) in [7, 11) is 0. The topological polar surface area (TPSA) is 108 Å². The van der Waals surface area contributed by atoms with Crippen LogP contribution in [0.1, 0.15) is 40.9 Å². The van der Waals surface area contributed by atoms with Crippen molar-refractivity contribution >= 4 is 29.0 Å². The van der Waals surface area contributed by atoms with Crippen LogP contribution in [-0.4, -0.2) is 38.6 Å². The number of amides is 2. The van der Waals surface area contributed by atoms with Gasteiger partial charge in [0, 0.05) is 23.2 Å². The Balaban J connectivity index is 1.51. The maximum absolute atomic E-state index is 13.4. The van der Waals surface area contributed by atoms with Crippen LogP contribution in [0.5, 0.6) is 0 Å². The van der Waals surface area contributed by atoms with Gasteiger partial charge in [-0.2, -0.15) is 0 Å². The molecule has 178 valence electrons. The van der Waals surface area contributed by atoms with Crippen molar-refractivity contribution in [3.05, 3.63) is 95.1 Å². The first-order valence-electron chi connectivity index (χ1n) is 11.5. The van der Waals surface area contributed by atoms with Crippen molar-refractivity contribution < 1.29 is 19.4 Å². The first-order chi connectivity index (χ1) is 16.9. The number of aromatic nitrogens is 2.